The van der Waals surface area contributed by atoms with Crippen LogP contribution in [0.4, 0.5) is 0 Å². The van der Waals surface area contributed by atoms with E-state index in [0.29, 0.717) is 0 Å². The molecule has 0 aromatic rings. The Bertz CT molecular complexity index is 6.85. The molecule has 0 aliphatic heterocycles. The van der Waals surface area contributed by atoms with E-state index in [1.54, 1.807) is 0 Å². The second-order valence-electron chi connectivity index (χ2n) is 0. The summed E-state index contributed by atoms with van der Waals surface area (Å²) in [7, 11) is 0. The van der Waals surface area contributed by atoms with Crippen LogP contribution in [0.2, 0.25) is 0 Å². The second kappa shape index (κ2) is 383. The summed E-state index contributed by atoms with van der Waals surface area (Å²) in [5.74, 6) is 0. The van der Waals surface area contributed by atoms with Gasteiger partial charge >= 0.3 is 0 Å². The monoisotopic (exact) mass is 244 g/mol. The Labute approximate surface area is 47.0 Å². The molecule has 0 bridgehead atoms. The van der Waals surface area contributed by atoms with Crippen molar-refractivity contribution in [1.82, 2.24) is 0 Å². The molecule has 5 heavy (non-hydrogen) atoms. The third-order valence-electron chi connectivity index (χ3n) is 0. The van der Waals surface area contributed by atoms with Gasteiger partial charge in [-0.25, -0.2) is 0 Å². The van der Waals surface area contributed by atoms with E-state index in [-0.39, 0.29) is 21.1 Å². The molecular weight excluding hydrogens is 236 g/mol. The Morgan fingerprint density at radius 1 is 1.20 bits per heavy atom. The van der Waals surface area contributed by atoms with E-state index >= 15 is 0 Å². The molecule has 0 saturated carbocycles. The third kappa shape index (κ3) is 189. The molecule has 0 rings (SSSR count). The molecule has 0 N–H and O–H groups in total. The van der Waals surface area contributed by atoms with Crippen LogP contribution in [0.5, 0.6) is 0 Å². The van der Waals surface area contributed by atoms with Crippen molar-refractivity contribution in [2.75, 3.05) is 0 Å². The Hall–Kier alpha value is 0.358. The smallest absolute Gasteiger partial charge is 0.106 e. The van der Waals surface area contributed by atoms with Gasteiger partial charge in [-0.3, -0.25) is 0 Å². The van der Waals surface area contributed by atoms with Crippen LogP contribution in [0.15, 0.2) is 0 Å². The number of carbonyl (C=O) groups is 1. The van der Waals surface area contributed by atoms with Crippen LogP contribution in [0, 0.1) is 0 Å². The van der Waals surface area contributed by atoms with Crippen LogP contribution < -0.4 is 0 Å². The Morgan fingerprint density at radius 3 is 1.20 bits per heavy atom. The van der Waals surface area contributed by atoms with Crippen molar-refractivity contribution in [3.05, 3.63) is 0 Å². The fourth-order valence-electron chi connectivity index (χ4n) is 0. The van der Waals surface area contributed by atoms with E-state index in [9.17, 15) is 0 Å². The first-order chi connectivity index (χ1) is 2.00. The minimum Gasteiger partial charge on any atom is -0.307 e. The van der Waals surface area contributed by atoms with Gasteiger partial charge in [0.15, 0.2) is 0 Å². The van der Waals surface area contributed by atoms with E-state index in [1.165, 1.54) is 0 Å². The first-order valence-corrected chi connectivity index (χ1v) is 1.29. The maximum atomic E-state index is 8.00. The van der Waals surface area contributed by atoms with Crippen molar-refractivity contribution in [3.63, 3.8) is 0 Å². The van der Waals surface area contributed by atoms with Crippen LogP contribution in [0.1, 0.15) is 13.8 Å². The third-order valence-corrected chi connectivity index (χ3v) is 0. The molecule has 1 nitrogen and oxygen atoms in total. The zero-order valence-electron chi connectivity index (χ0n) is 3.52. The molecule has 0 aliphatic carbocycles. The van der Waals surface area contributed by atoms with E-state index in [0.717, 1.165) is 0 Å². The zero-order valence-corrected chi connectivity index (χ0v) is 6.46. The summed E-state index contributed by atoms with van der Waals surface area (Å²) in [6.45, 7) is 6.00. The zero-order chi connectivity index (χ0) is 4.00. The molecule has 0 aliphatic rings. The van der Waals surface area contributed by atoms with E-state index < -0.39 is 0 Å². The average molecular weight is 244 g/mol. The molecule has 0 unspecified atom stereocenters. The van der Waals surface area contributed by atoms with Gasteiger partial charge in [-0.2, -0.15) is 0 Å². The van der Waals surface area contributed by atoms with Gasteiger partial charge in [0.1, 0.15) is 6.79 Å². The van der Waals surface area contributed by atoms with Gasteiger partial charge in [-0.05, 0) is 0 Å². The first kappa shape index (κ1) is 18.3. The number of carbonyl (C=O) groups excluding carboxylic acids is 1. The Balaban J connectivity index is -0.0000000133. The molecule has 0 fully saturated rings. The van der Waals surface area contributed by atoms with Gasteiger partial charge in [0, 0.05) is 21.1 Å². The van der Waals surface area contributed by atoms with Gasteiger partial charge in [-0.1, -0.05) is 13.8 Å². The maximum Gasteiger partial charge on any atom is 0.106 e. The summed E-state index contributed by atoms with van der Waals surface area (Å²) in [5.41, 5.74) is 0. The predicted molar refractivity (Wildman–Crippen MR) is 18.5 cm³/mol. The van der Waals surface area contributed by atoms with Crippen molar-refractivity contribution in [1.29, 1.82) is 0 Å². The van der Waals surface area contributed by atoms with E-state index in [2.05, 4.69) is 0 Å². The van der Waals surface area contributed by atoms with Crippen molar-refractivity contribution in [2.24, 2.45) is 0 Å². The molecule has 0 radical (unpaired) electrons. The summed E-state index contributed by atoms with van der Waals surface area (Å²) in [6, 6.07) is 0. The van der Waals surface area contributed by atoms with Crippen molar-refractivity contribution in [3.8, 4) is 0 Å². The molecule has 2 heteroatoms. The second-order valence-corrected chi connectivity index (χ2v) is 0. The number of hydrogen-bond acceptors (Lipinski definition) is 1. The molecule has 0 atom stereocenters. The van der Waals surface area contributed by atoms with Crippen LogP contribution >= 0.6 is 0 Å². The topological polar surface area (TPSA) is 17.1 Å². The van der Waals surface area contributed by atoms with Gasteiger partial charge in [0.05, 0.1) is 0 Å². The minimum absolute atomic E-state index is 0. The summed E-state index contributed by atoms with van der Waals surface area (Å²) in [5, 5.41) is 0. The summed E-state index contributed by atoms with van der Waals surface area (Å²) >= 11 is 0. The average Bonchev–Trinajstić information content (AvgIpc) is 1.50. The molecule has 0 aromatic carbocycles. The van der Waals surface area contributed by atoms with Crippen LogP contribution in [-0.2, 0) is 25.9 Å². The largest absolute Gasteiger partial charge is 0.307 e. The fourth-order valence-corrected chi connectivity index (χ4v) is 0. The van der Waals surface area contributed by atoms with Crippen LogP contribution in [-0.4, -0.2) is 6.79 Å². The molecular formula is C3H8OW. The minimum atomic E-state index is 0. The summed E-state index contributed by atoms with van der Waals surface area (Å²) in [4.78, 5) is 8.00. The van der Waals surface area contributed by atoms with Gasteiger partial charge < -0.3 is 4.79 Å². The Kier molecular flexibility index (Phi) is 1400. The predicted octanol–water partition coefficient (Wildman–Crippen LogP) is 0.839. The van der Waals surface area contributed by atoms with Crippen LogP contribution in [0.25, 0.3) is 0 Å². The van der Waals surface area contributed by atoms with Gasteiger partial charge in [-0.15, -0.1) is 0 Å². The SMILES string of the molecule is C=O.CC.[W]. The molecule has 0 heterocycles. The van der Waals surface area contributed by atoms with Gasteiger partial charge in [0.25, 0.3) is 0 Å². The number of hydrogen-bond donors (Lipinski definition) is 0. The molecule has 32 valence electrons. The van der Waals surface area contributed by atoms with Crippen LogP contribution in [0.3, 0.4) is 0 Å². The standard InChI is InChI=1S/C2H6.CH2O.W/c2*1-2;/h1-2H3;1H2;. The quantitative estimate of drug-likeness (QED) is 0.617. The van der Waals surface area contributed by atoms with Crippen molar-refractivity contribution >= 4 is 6.79 Å². The Morgan fingerprint density at radius 2 is 1.20 bits per heavy atom. The van der Waals surface area contributed by atoms with Crippen molar-refractivity contribution < 1.29 is 25.9 Å². The molecule has 0 spiro atoms. The summed E-state index contributed by atoms with van der Waals surface area (Å²) in [6.07, 6.45) is 0. The normalized spacial score (nSPS) is 2.00. The fraction of sp³-hybridized carbons (Fsp3) is 0.667. The maximum absolute atomic E-state index is 8.00. The molecule has 0 aromatic heterocycles. The number of rotatable bonds is 0. The van der Waals surface area contributed by atoms with E-state index in [1.807, 2.05) is 20.6 Å². The first-order valence-electron chi connectivity index (χ1n) is 1.29. The van der Waals surface area contributed by atoms with E-state index in [4.69, 9.17) is 4.79 Å². The molecule has 0 amide bonds. The van der Waals surface area contributed by atoms with Crippen molar-refractivity contribution in [2.45, 2.75) is 13.8 Å². The molecule has 0 saturated heterocycles. The van der Waals surface area contributed by atoms with Gasteiger partial charge in [0.2, 0.25) is 0 Å². The summed E-state index contributed by atoms with van der Waals surface area (Å²) < 4.78 is 0.